The van der Waals surface area contributed by atoms with Gasteiger partial charge in [0, 0.05) is 21.0 Å². The van der Waals surface area contributed by atoms with Gasteiger partial charge in [0.1, 0.15) is 5.82 Å². The molecule has 2 aliphatic heterocycles. The van der Waals surface area contributed by atoms with Gasteiger partial charge in [-0.2, -0.15) is 13.2 Å². The summed E-state index contributed by atoms with van der Waals surface area (Å²) in [4.78, 5) is 26.2. The second-order valence-corrected chi connectivity index (χ2v) is 13.7. The highest BCUT2D eigenvalue weighted by atomic mass is 79.9. The number of halogens is 5. The van der Waals surface area contributed by atoms with Gasteiger partial charge in [-0.3, -0.25) is 9.59 Å². The first-order valence-corrected chi connectivity index (χ1v) is 14.0. The molecule has 0 radical (unpaired) electrons. The van der Waals surface area contributed by atoms with E-state index < -0.39 is 50.1 Å². The molecule has 13 heteroatoms. The predicted molar refractivity (Wildman–Crippen MR) is 118 cm³/mol. The number of amides is 2. The Morgan fingerprint density at radius 2 is 1.94 bits per heavy atom. The second-order valence-electron chi connectivity index (χ2n) is 7.86. The number of imide groups is 1. The molecule has 0 aliphatic carbocycles. The van der Waals surface area contributed by atoms with Crippen LogP contribution >= 0.6 is 27.7 Å². The quantitative estimate of drug-likeness (QED) is 0.363. The van der Waals surface area contributed by atoms with E-state index in [1.807, 2.05) is 0 Å². The van der Waals surface area contributed by atoms with Crippen LogP contribution in [0.2, 0.25) is 13.1 Å². The van der Waals surface area contributed by atoms with Crippen molar-refractivity contribution in [1.82, 2.24) is 0 Å². The van der Waals surface area contributed by atoms with Gasteiger partial charge in [0.05, 0.1) is 16.5 Å². The lowest BCUT2D eigenvalue weighted by Crippen LogP contribution is -2.46. The molecule has 1 atom stereocenters. The van der Waals surface area contributed by atoms with Crippen LogP contribution in [0.3, 0.4) is 0 Å². The number of carbonyl (C=O) groups is 2. The molecule has 2 heterocycles. The van der Waals surface area contributed by atoms with E-state index in [0.717, 1.165) is 23.9 Å². The van der Waals surface area contributed by atoms with E-state index in [2.05, 4.69) is 15.9 Å². The van der Waals surface area contributed by atoms with Crippen molar-refractivity contribution in [2.24, 2.45) is 0 Å². The van der Waals surface area contributed by atoms with Gasteiger partial charge in [0.2, 0.25) is 20.1 Å². The lowest BCUT2D eigenvalue weighted by atomic mass is 9.80. The van der Waals surface area contributed by atoms with Crippen molar-refractivity contribution in [2.75, 3.05) is 4.90 Å². The zero-order chi connectivity index (χ0) is 23.6. The minimum Gasteiger partial charge on any atom is -0.446 e. The Bertz CT molecular complexity index is 1150. The number of thioether (sulfide) groups is 1. The molecule has 1 unspecified atom stereocenters. The number of anilines is 1. The van der Waals surface area contributed by atoms with E-state index in [0.29, 0.717) is 15.5 Å². The SMILES string of the molecule is C[Si]1(C)OB(O)c2ccc(SC3CC(=O)N(c4ccc(Br)c(C(F)(F)F)c4)C3=O)c(F)c21. The fraction of sp³-hybridized carbons (Fsp3) is 0.263. The van der Waals surface area contributed by atoms with Crippen molar-refractivity contribution >= 4 is 71.3 Å². The largest absolute Gasteiger partial charge is 0.480 e. The summed E-state index contributed by atoms with van der Waals surface area (Å²) in [5, 5.41) is 9.31. The molecule has 168 valence electrons. The number of hydrogen-bond donors (Lipinski definition) is 1. The van der Waals surface area contributed by atoms with Gasteiger partial charge in [0.15, 0.2) is 0 Å². The normalized spacial score (nSPS) is 20.3. The monoisotopic (exact) mass is 547 g/mol. The molecule has 1 saturated heterocycles. The van der Waals surface area contributed by atoms with E-state index in [9.17, 15) is 27.8 Å². The summed E-state index contributed by atoms with van der Waals surface area (Å²) in [5.41, 5.74) is -0.867. The van der Waals surface area contributed by atoms with Crippen molar-refractivity contribution in [3.63, 3.8) is 0 Å². The van der Waals surface area contributed by atoms with Crippen LogP contribution in [0.1, 0.15) is 12.0 Å². The smallest absolute Gasteiger partial charge is 0.446 e. The van der Waals surface area contributed by atoms with Crippen molar-refractivity contribution in [3.05, 3.63) is 46.2 Å². The molecule has 2 aromatic carbocycles. The Morgan fingerprint density at radius 1 is 1.25 bits per heavy atom. The van der Waals surface area contributed by atoms with Crippen LogP contribution < -0.4 is 15.5 Å². The molecule has 2 aromatic rings. The number of alkyl halides is 3. The number of rotatable bonds is 3. The number of benzene rings is 2. The van der Waals surface area contributed by atoms with Crippen LogP contribution in [-0.2, 0) is 20.1 Å². The Hall–Kier alpha value is -1.67. The van der Waals surface area contributed by atoms with Crippen LogP contribution in [-0.4, -0.2) is 37.5 Å². The second kappa shape index (κ2) is 7.98. The van der Waals surface area contributed by atoms with E-state index in [-0.39, 0.29) is 21.5 Å². The number of carbonyl (C=O) groups excluding carboxylic acids is 2. The third kappa shape index (κ3) is 3.94. The van der Waals surface area contributed by atoms with Crippen molar-refractivity contribution < 1.29 is 36.5 Å². The van der Waals surface area contributed by atoms with E-state index >= 15 is 4.39 Å². The lowest BCUT2D eigenvalue weighted by molar-refractivity contribution is -0.138. The van der Waals surface area contributed by atoms with Gasteiger partial charge < -0.3 is 9.37 Å². The van der Waals surface area contributed by atoms with E-state index in [1.165, 1.54) is 18.2 Å². The first kappa shape index (κ1) is 23.5. The standard InChI is InChI=1S/C19H15BBrF4NO4SSi/c1-32(2)17-11(20(29)30-32)4-6-13(16(17)22)31-14-8-15(27)26(18(14)28)9-3-5-12(21)10(7-9)19(23,24)25/h3-7,14,29H,8H2,1-2H3. The topological polar surface area (TPSA) is 66.8 Å². The average Bonchev–Trinajstić information content (AvgIpc) is 3.08. The van der Waals surface area contributed by atoms with E-state index in [1.54, 1.807) is 13.1 Å². The van der Waals surface area contributed by atoms with Crippen LogP contribution in [0, 0.1) is 5.82 Å². The van der Waals surface area contributed by atoms with Crippen LogP contribution in [0.4, 0.5) is 23.2 Å². The van der Waals surface area contributed by atoms with Gasteiger partial charge in [-0.1, -0.05) is 22.0 Å². The fourth-order valence-corrected chi connectivity index (χ4v) is 7.89. The van der Waals surface area contributed by atoms with Gasteiger partial charge in [-0.05, 0) is 42.8 Å². The molecule has 4 rings (SSSR count). The highest BCUT2D eigenvalue weighted by Crippen LogP contribution is 2.40. The van der Waals surface area contributed by atoms with Crippen LogP contribution in [0.5, 0.6) is 0 Å². The Morgan fingerprint density at radius 3 is 2.59 bits per heavy atom. The molecular weight excluding hydrogens is 533 g/mol. The minimum atomic E-state index is -4.67. The molecule has 2 amide bonds. The Labute approximate surface area is 194 Å². The summed E-state index contributed by atoms with van der Waals surface area (Å²) in [6.45, 7) is 3.47. The zero-order valence-electron chi connectivity index (χ0n) is 16.7. The maximum Gasteiger partial charge on any atom is 0.480 e. The molecule has 0 spiro atoms. The summed E-state index contributed by atoms with van der Waals surface area (Å²) in [6, 6.07) is 6.03. The summed E-state index contributed by atoms with van der Waals surface area (Å²) in [5.74, 6) is -2.00. The molecule has 0 aromatic heterocycles. The lowest BCUT2D eigenvalue weighted by Gasteiger charge is -2.19. The van der Waals surface area contributed by atoms with Crippen molar-refractivity contribution in [2.45, 2.75) is 35.8 Å². The molecule has 0 bridgehead atoms. The Balaban J connectivity index is 1.63. The maximum atomic E-state index is 15.3. The Kier molecular flexibility index (Phi) is 5.85. The predicted octanol–water partition coefficient (Wildman–Crippen LogP) is 3.16. The highest BCUT2D eigenvalue weighted by molar-refractivity contribution is 9.10. The fourth-order valence-electron chi connectivity index (χ4n) is 3.87. The first-order chi connectivity index (χ1) is 14.8. The van der Waals surface area contributed by atoms with Gasteiger partial charge in [-0.25, -0.2) is 9.29 Å². The van der Waals surface area contributed by atoms with Crippen LogP contribution in [0.25, 0.3) is 0 Å². The molecule has 32 heavy (non-hydrogen) atoms. The minimum absolute atomic E-state index is 0.113. The first-order valence-electron chi connectivity index (χ1n) is 9.40. The number of fused-ring (bicyclic) bond motifs is 1. The summed E-state index contributed by atoms with van der Waals surface area (Å²) in [6.07, 6.45) is -4.96. The average molecular weight is 548 g/mol. The summed E-state index contributed by atoms with van der Waals surface area (Å²) >= 11 is 3.66. The molecule has 2 aliphatic rings. The summed E-state index contributed by atoms with van der Waals surface area (Å²) in [7, 11) is -3.91. The third-order valence-electron chi connectivity index (χ3n) is 5.30. The van der Waals surface area contributed by atoms with Gasteiger partial charge >= 0.3 is 13.3 Å². The highest BCUT2D eigenvalue weighted by Gasteiger charge is 2.47. The third-order valence-corrected chi connectivity index (χ3v) is 9.74. The van der Waals surface area contributed by atoms with Gasteiger partial charge in [-0.15, -0.1) is 11.8 Å². The molecule has 1 N–H and O–H groups in total. The van der Waals surface area contributed by atoms with Gasteiger partial charge in [0.25, 0.3) is 0 Å². The van der Waals surface area contributed by atoms with Crippen molar-refractivity contribution in [3.8, 4) is 0 Å². The van der Waals surface area contributed by atoms with Crippen LogP contribution in [0.15, 0.2) is 39.7 Å². The molecular formula is C19H15BBrF4NO4SSi. The molecule has 1 fully saturated rings. The van der Waals surface area contributed by atoms with E-state index in [4.69, 9.17) is 4.34 Å². The number of hydrogen-bond acceptors (Lipinski definition) is 5. The molecule has 0 saturated carbocycles. The molecule has 5 nitrogen and oxygen atoms in total. The zero-order valence-corrected chi connectivity index (χ0v) is 20.1. The van der Waals surface area contributed by atoms with Crippen molar-refractivity contribution in [1.29, 1.82) is 0 Å². The number of nitrogens with zero attached hydrogens (tertiary/aromatic N) is 1. The maximum absolute atomic E-state index is 15.3. The summed E-state index contributed by atoms with van der Waals surface area (Å²) < 4.78 is 60.2.